The Morgan fingerprint density at radius 3 is 2.63 bits per heavy atom. The van der Waals surface area contributed by atoms with E-state index in [4.69, 9.17) is 4.42 Å². The van der Waals surface area contributed by atoms with Crippen LogP contribution in [0.15, 0.2) is 16.5 Å². The van der Waals surface area contributed by atoms with Gasteiger partial charge in [-0.2, -0.15) is 0 Å². The molecule has 3 heteroatoms. The standard InChI is InChI=1S/C16H28N2O/c1-5-18(6-2)11-13(4)17-10-14-7-8-16(19-14)15-9-12(15)3/h7-8,12-13,15,17H,5-6,9-11H2,1-4H3. The number of hydrogen-bond donors (Lipinski definition) is 1. The highest BCUT2D eigenvalue weighted by Crippen LogP contribution is 2.47. The van der Waals surface area contributed by atoms with Gasteiger partial charge in [0.1, 0.15) is 11.5 Å². The highest BCUT2D eigenvalue weighted by molar-refractivity contribution is 5.17. The van der Waals surface area contributed by atoms with Crippen molar-refractivity contribution in [3.05, 3.63) is 23.7 Å². The zero-order chi connectivity index (χ0) is 13.8. The lowest BCUT2D eigenvalue weighted by molar-refractivity contribution is 0.267. The lowest BCUT2D eigenvalue weighted by Crippen LogP contribution is -2.38. The summed E-state index contributed by atoms with van der Waals surface area (Å²) in [6, 6.07) is 4.77. The van der Waals surface area contributed by atoms with Crippen LogP contribution in [0.5, 0.6) is 0 Å². The normalized spacial score (nSPS) is 23.8. The Morgan fingerprint density at radius 1 is 1.37 bits per heavy atom. The molecule has 3 atom stereocenters. The minimum absolute atomic E-state index is 0.494. The van der Waals surface area contributed by atoms with Gasteiger partial charge in [0.25, 0.3) is 0 Å². The topological polar surface area (TPSA) is 28.4 Å². The van der Waals surface area contributed by atoms with Gasteiger partial charge in [-0.05, 0) is 44.5 Å². The van der Waals surface area contributed by atoms with E-state index in [-0.39, 0.29) is 0 Å². The van der Waals surface area contributed by atoms with Crippen molar-refractivity contribution < 1.29 is 4.42 Å². The van der Waals surface area contributed by atoms with E-state index < -0.39 is 0 Å². The zero-order valence-electron chi connectivity index (χ0n) is 12.8. The summed E-state index contributed by atoms with van der Waals surface area (Å²) in [5.74, 6) is 3.75. The Hall–Kier alpha value is -0.800. The monoisotopic (exact) mass is 264 g/mol. The predicted molar refractivity (Wildman–Crippen MR) is 79.3 cm³/mol. The summed E-state index contributed by atoms with van der Waals surface area (Å²) in [5.41, 5.74) is 0. The van der Waals surface area contributed by atoms with Gasteiger partial charge < -0.3 is 14.6 Å². The molecule has 1 aromatic heterocycles. The number of nitrogens with zero attached hydrogens (tertiary/aromatic N) is 1. The molecule has 0 aromatic carbocycles. The van der Waals surface area contributed by atoms with Crippen LogP contribution in [0.2, 0.25) is 0 Å². The van der Waals surface area contributed by atoms with Gasteiger partial charge in [0.2, 0.25) is 0 Å². The molecule has 1 fully saturated rings. The summed E-state index contributed by atoms with van der Waals surface area (Å²) in [4.78, 5) is 2.44. The molecule has 0 amide bonds. The van der Waals surface area contributed by atoms with Gasteiger partial charge in [-0.3, -0.25) is 0 Å². The van der Waals surface area contributed by atoms with Crippen LogP contribution in [-0.2, 0) is 6.54 Å². The maximum Gasteiger partial charge on any atom is 0.117 e. The fourth-order valence-corrected chi connectivity index (χ4v) is 2.62. The van der Waals surface area contributed by atoms with Crippen molar-refractivity contribution in [1.82, 2.24) is 10.2 Å². The van der Waals surface area contributed by atoms with Crippen LogP contribution in [0.25, 0.3) is 0 Å². The van der Waals surface area contributed by atoms with Gasteiger partial charge >= 0.3 is 0 Å². The number of hydrogen-bond acceptors (Lipinski definition) is 3. The van der Waals surface area contributed by atoms with E-state index in [9.17, 15) is 0 Å². The Balaban J connectivity index is 1.74. The van der Waals surface area contributed by atoms with Gasteiger partial charge in [0.05, 0.1) is 6.54 Å². The minimum atomic E-state index is 0.494. The van der Waals surface area contributed by atoms with Crippen molar-refractivity contribution >= 4 is 0 Å². The second-order valence-corrected chi connectivity index (χ2v) is 5.89. The average Bonchev–Trinajstić information content (AvgIpc) is 2.96. The zero-order valence-corrected chi connectivity index (χ0v) is 12.8. The quantitative estimate of drug-likeness (QED) is 0.781. The van der Waals surface area contributed by atoms with Crippen LogP contribution in [0, 0.1) is 5.92 Å². The summed E-state index contributed by atoms with van der Waals surface area (Å²) in [6.07, 6.45) is 1.29. The highest BCUT2D eigenvalue weighted by atomic mass is 16.3. The van der Waals surface area contributed by atoms with E-state index in [1.807, 2.05) is 0 Å². The lowest BCUT2D eigenvalue weighted by Gasteiger charge is -2.23. The maximum absolute atomic E-state index is 5.91. The second kappa shape index (κ2) is 6.58. The minimum Gasteiger partial charge on any atom is -0.464 e. The smallest absolute Gasteiger partial charge is 0.117 e. The van der Waals surface area contributed by atoms with E-state index in [1.54, 1.807) is 0 Å². The number of nitrogens with one attached hydrogen (secondary N) is 1. The molecule has 1 aliphatic carbocycles. The Morgan fingerprint density at radius 2 is 2.05 bits per heavy atom. The molecule has 3 unspecified atom stereocenters. The summed E-state index contributed by atoms with van der Waals surface area (Å²) >= 11 is 0. The van der Waals surface area contributed by atoms with Crippen LogP contribution >= 0.6 is 0 Å². The van der Waals surface area contributed by atoms with Crippen molar-refractivity contribution in [2.45, 2.75) is 52.6 Å². The van der Waals surface area contributed by atoms with Crippen LogP contribution in [-0.4, -0.2) is 30.6 Å². The third kappa shape index (κ3) is 4.08. The third-order valence-electron chi connectivity index (χ3n) is 4.21. The average molecular weight is 264 g/mol. The van der Waals surface area contributed by atoms with Gasteiger partial charge in [-0.1, -0.05) is 20.8 Å². The Bertz CT molecular complexity index is 384. The summed E-state index contributed by atoms with van der Waals surface area (Å²) in [7, 11) is 0. The van der Waals surface area contributed by atoms with E-state index in [2.05, 4.69) is 50.0 Å². The Kier molecular flexibility index (Phi) is 5.06. The number of rotatable bonds is 8. The van der Waals surface area contributed by atoms with Crippen LogP contribution < -0.4 is 5.32 Å². The van der Waals surface area contributed by atoms with E-state index in [0.717, 1.165) is 37.9 Å². The van der Waals surface area contributed by atoms with Crippen molar-refractivity contribution in [2.24, 2.45) is 5.92 Å². The number of likely N-dealkylation sites (N-methyl/N-ethyl adjacent to an activating group) is 1. The molecule has 1 saturated carbocycles. The Labute approximate surface area is 117 Å². The highest BCUT2D eigenvalue weighted by Gasteiger charge is 2.36. The van der Waals surface area contributed by atoms with E-state index in [0.29, 0.717) is 12.0 Å². The molecular formula is C16H28N2O. The molecule has 0 bridgehead atoms. The van der Waals surface area contributed by atoms with Gasteiger partial charge in [0.15, 0.2) is 0 Å². The van der Waals surface area contributed by atoms with Gasteiger partial charge in [0, 0.05) is 18.5 Å². The van der Waals surface area contributed by atoms with E-state index in [1.165, 1.54) is 12.2 Å². The molecule has 1 N–H and O–H groups in total. The first-order valence-electron chi connectivity index (χ1n) is 7.68. The summed E-state index contributed by atoms with van der Waals surface area (Å²) in [5, 5.41) is 3.55. The van der Waals surface area contributed by atoms with E-state index >= 15 is 0 Å². The number of furan rings is 1. The second-order valence-electron chi connectivity index (χ2n) is 5.89. The molecule has 0 saturated heterocycles. The van der Waals surface area contributed by atoms with Crippen molar-refractivity contribution in [3.8, 4) is 0 Å². The fraction of sp³-hybridized carbons (Fsp3) is 0.750. The molecule has 3 nitrogen and oxygen atoms in total. The third-order valence-corrected chi connectivity index (χ3v) is 4.21. The molecule has 19 heavy (non-hydrogen) atoms. The predicted octanol–water partition coefficient (Wildman–Crippen LogP) is 3.22. The van der Waals surface area contributed by atoms with Crippen LogP contribution in [0.1, 0.15) is 51.6 Å². The molecule has 0 aliphatic heterocycles. The molecule has 1 aliphatic rings. The van der Waals surface area contributed by atoms with Gasteiger partial charge in [-0.15, -0.1) is 0 Å². The lowest BCUT2D eigenvalue weighted by atomic mass is 10.2. The molecule has 0 radical (unpaired) electrons. The first kappa shape index (κ1) is 14.6. The van der Waals surface area contributed by atoms with Crippen molar-refractivity contribution in [2.75, 3.05) is 19.6 Å². The van der Waals surface area contributed by atoms with Crippen LogP contribution in [0.4, 0.5) is 0 Å². The SMILES string of the molecule is CCN(CC)CC(C)NCc1ccc(C2CC2C)o1. The van der Waals surface area contributed by atoms with Crippen LogP contribution in [0.3, 0.4) is 0 Å². The molecule has 1 heterocycles. The maximum atomic E-state index is 5.91. The largest absolute Gasteiger partial charge is 0.464 e. The fourth-order valence-electron chi connectivity index (χ4n) is 2.62. The first-order chi connectivity index (χ1) is 9.13. The molecule has 108 valence electrons. The molecule has 2 rings (SSSR count). The summed E-state index contributed by atoms with van der Waals surface area (Å²) in [6.45, 7) is 13.1. The van der Waals surface area contributed by atoms with Crippen molar-refractivity contribution in [3.63, 3.8) is 0 Å². The molecule has 0 spiro atoms. The van der Waals surface area contributed by atoms with Gasteiger partial charge in [-0.25, -0.2) is 0 Å². The molecule has 1 aromatic rings. The summed E-state index contributed by atoms with van der Waals surface area (Å²) < 4.78 is 5.91. The first-order valence-corrected chi connectivity index (χ1v) is 7.68. The van der Waals surface area contributed by atoms with Crippen molar-refractivity contribution in [1.29, 1.82) is 0 Å². The molecular weight excluding hydrogens is 236 g/mol.